The molecule has 1 aromatic rings. The molecule has 0 spiro atoms. The van der Waals surface area contributed by atoms with Crippen LogP contribution >= 0.6 is 15.9 Å². The first kappa shape index (κ1) is 16.7. The summed E-state index contributed by atoms with van der Waals surface area (Å²) in [5.74, 6) is 1.42. The van der Waals surface area contributed by atoms with Crippen LogP contribution in [0.5, 0.6) is 0 Å². The average molecular weight is 341 g/mol. The Morgan fingerprint density at radius 3 is 2.75 bits per heavy atom. The van der Waals surface area contributed by atoms with Crippen LogP contribution in [0.1, 0.15) is 12.5 Å². The van der Waals surface area contributed by atoms with Gasteiger partial charge >= 0.3 is 5.97 Å². The molecule has 1 rings (SSSR count). The predicted octanol–water partition coefficient (Wildman–Crippen LogP) is 2.46. The van der Waals surface area contributed by atoms with E-state index in [1.54, 1.807) is 25.1 Å². The maximum Gasteiger partial charge on any atom is 0.316 e. The highest BCUT2D eigenvalue weighted by molar-refractivity contribution is 9.10. The van der Waals surface area contributed by atoms with Gasteiger partial charge in [0.15, 0.2) is 0 Å². The van der Waals surface area contributed by atoms with Gasteiger partial charge in [-0.05, 0) is 24.6 Å². The minimum absolute atomic E-state index is 0.0677. The van der Waals surface area contributed by atoms with Crippen LogP contribution in [0.2, 0.25) is 0 Å². The summed E-state index contributed by atoms with van der Waals surface area (Å²) < 4.78 is 11.3. The summed E-state index contributed by atoms with van der Waals surface area (Å²) in [5.41, 5.74) is -0.417. The minimum Gasteiger partial charge on any atom is -0.481 e. The van der Waals surface area contributed by atoms with Crippen LogP contribution in [0.4, 0.5) is 0 Å². The lowest BCUT2D eigenvalue weighted by molar-refractivity contribution is -0.146. The number of ether oxygens (including phenoxy) is 2. The highest BCUT2D eigenvalue weighted by Crippen LogP contribution is 2.27. The van der Waals surface area contributed by atoms with Gasteiger partial charge in [-0.25, -0.2) is 0 Å². The summed E-state index contributed by atoms with van der Waals surface area (Å²) in [7, 11) is 0. The van der Waals surface area contributed by atoms with Crippen molar-refractivity contribution in [2.45, 2.75) is 12.3 Å². The van der Waals surface area contributed by atoms with Crippen molar-refractivity contribution < 1.29 is 19.4 Å². The highest BCUT2D eigenvalue weighted by atomic mass is 79.9. The van der Waals surface area contributed by atoms with Crippen molar-refractivity contribution in [2.24, 2.45) is 0 Å². The van der Waals surface area contributed by atoms with Crippen molar-refractivity contribution in [2.75, 3.05) is 26.4 Å². The van der Waals surface area contributed by atoms with Crippen LogP contribution in [0.3, 0.4) is 0 Å². The molecular formula is C15H17BrO4. The molecule has 0 saturated heterocycles. The Hall–Kier alpha value is -1.35. The van der Waals surface area contributed by atoms with Gasteiger partial charge in [0.05, 0.1) is 19.8 Å². The number of halogens is 1. The molecule has 0 radical (unpaired) electrons. The molecule has 4 nitrogen and oxygen atoms in total. The number of carboxylic acid groups (broad SMARTS) is 1. The molecule has 1 N–H and O–H groups in total. The fourth-order valence-electron chi connectivity index (χ4n) is 1.63. The summed E-state index contributed by atoms with van der Waals surface area (Å²) in [6, 6.07) is 7.21. The molecule has 5 heteroatoms. The van der Waals surface area contributed by atoms with Gasteiger partial charge in [0, 0.05) is 4.47 Å². The molecule has 0 saturated carbocycles. The van der Waals surface area contributed by atoms with Crippen molar-refractivity contribution in [3.63, 3.8) is 0 Å². The Morgan fingerprint density at radius 1 is 1.45 bits per heavy atom. The van der Waals surface area contributed by atoms with Gasteiger partial charge in [0.25, 0.3) is 0 Å². The molecule has 0 aliphatic heterocycles. The van der Waals surface area contributed by atoms with Crippen molar-refractivity contribution >= 4 is 21.9 Å². The first-order valence-electron chi connectivity index (χ1n) is 6.09. The molecule has 20 heavy (non-hydrogen) atoms. The molecule has 108 valence electrons. The molecule has 0 aliphatic carbocycles. The average Bonchev–Trinajstić information content (AvgIpc) is 2.42. The molecule has 1 aromatic carbocycles. The molecule has 1 atom stereocenters. The van der Waals surface area contributed by atoms with Gasteiger partial charge < -0.3 is 14.6 Å². The monoisotopic (exact) mass is 340 g/mol. The van der Waals surface area contributed by atoms with Gasteiger partial charge in [-0.1, -0.05) is 34.0 Å². The van der Waals surface area contributed by atoms with E-state index < -0.39 is 11.4 Å². The van der Waals surface area contributed by atoms with E-state index in [4.69, 9.17) is 15.9 Å². The fraction of sp³-hybridized carbons (Fsp3) is 0.400. The first-order chi connectivity index (χ1) is 9.50. The zero-order valence-electron chi connectivity index (χ0n) is 11.3. The smallest absolute Gasteiger partial charge is 0.316 e. The molecular weight excluding hydrogens is 324 g/mol. The van der Waals surface area contributed by atoms with Gasteiger partial charge in [-0.3, -0.25) is 4.79 Å². The maximum atomic E-state index is 11.5. The van der Waals surface area contributed by atoms with Crippen LogP contribution in [0, 0.1) is 12.3 Å². The Kier molecular flexibility index (Phi) is 6.73. The third kappa shape index (κ3) is 4.64. The van der Waals surface area contributed by atoms with E-state index in [1.807, 2.05) is 6.07 Å². The number of carbonyl (C=O) groups is 1. The molecule has 0 bridgehead atoms. The molecule has 0 aromatic heterocycles. The van der Waals surface area contributed by atoms with Gasteiger partial charge in [-0.15, -0.1) is 6.42 Å². The Bertz CT molecular complexity index is 495. The number of rotatable bonds is 8. The van der Waals surface area contributed by atoms with E-state index in [0.717, 1.165) is 4.47 Å². The third-order valence-electron chi connectivity index (χ3n) is 2.88. The molecule has 0 heterocycles. The van der Waals surface area contributed by atoms with E-state index in [-0.39, 0.29) is 13.2 Å². The number of aliphatic carboxylic acids is 1. The lowest BCUT2D eigenvalue weighted by atomic mass is 9.83. The molecule has 0 fully saturated rings. The van der Waals surface area contributed by atoms with Gasteiger partial charge in [0.2, 0.25) is 0 Å². The number of terminal acetylenes is 1. The lowest BCUT2D eigenvalue weighted by Gasteiger charge is -2.25. The fourth-order valence-corrected chi connectivity index (χ4v) is 2.02. The summed E-state index contributed by atoms with van der Waals surface area (Å²) in [6.07, 6.45) is 5.04. The first-order valence-corrected chi connectivity index (χ1v) is 6.88. The second-order valence-electron chi connectivity index (χ2n) is 4.46. The van der Waals surface area contributed by atoms with Gasteiger partial charge in [0.1, 0.15) is 12.0 Å². The second kappa shape index (κ2) is 8.05. The quantitative estimate of drug-likeness (QED) is 0.583. The number of benzene rings is 1. The molecule has 1 unspecified atom stereocenters. The van der Waals surface area contributed by atoms with E-state index in [0.29, 0.717) is 18.8 Å². The number of hydrogen-bond acceptors (Lipinski definition) is 3. The van der Waals surface area contributed by atoms with Crippen LogP contribution in [-0.4, -0.2) is 37.5 Å². The van der Waals surface area contributed by atoms with Gasteiger partial charge in [-0.2, -0.15) is 0 Å². The van der Waals surface area contributed by atoms with Crippen LogP contribution in [-0.2, 0) is 19.7 Å². The van der Waals surface area contributed by atoms with Crippen LogP contribution in [0.25, 0.3) is 0 Å². The highest BCUT2D eigenvalue weighted by Gasteiger charge is 2.35. The van der Waals surface area contributed by atoms with E-state index in [9.17, 15) is 9.90 Å². The van der Waals surface area contributed by atoms with E-state index >= 15 is 0 Å². The van der Waals surface area contributed by atoms with Crippen LogP contribution < -0.4 is 0 Å². The predicted molar refractivity (Wildman–Crippen MR) is 79.6 cm³/mol. The van der Waals surface area contributed by atoms with E-state index in [2.05, 4.69) is 21.9 Å². The second-order valence-corrected chi connectivity index (χ2v) is 5.37. The zero-order valence-corrected chi connectivity index (χ0v) is 12.9. The lowest BCUT2D eigenvalue weighted by Crippen LogP contribution is -2.37. The number of carboxylic acids is 1. The standard InChI is InChI=1S/C15H17BrO4/c1-3-7-19-8-9-20-11-15(2,14(17)18)12-5-4-6-13(16)10-12/h1,4-6,10H,7-9,11H2,2H3,(H,17,18). The minimum atomic E-state index is -1.10. The SMILES string of the molecule is C#CCOCCOCC(C)(C(=O)O)c1cccc(Br)c1. The van der Waals surface area contributed by atoms with Crippen molar-refractivity contribution in [1.29, 1.82) is 0 Å². The summed E-state index contributed by atoms with van der Waals surface area (Å²) in [4.78, 5) is 11.5. The third-order valence-corrected chi connectivity index (χ3v) is 3.38. The van der Waals surface area contributed by atoms with Crippen molar-refractivity contribution in [1.82, 2.24) is 0 Å². The summed E-state index contributed by atoms with van der Waals surface area (Å²) in [6.45, 7) is 2.58. The Labute approximate surface area is 127 Å². The van der Waals surface area contributed by atoms with Crippen LogP contribution in [0.15, 0.2) is 28.7 Å². The maximum absolute atomic E-state index is 11.5. The Balaban J connectivity index is 2.64. The van der Waals surface area contributed by atoms with Crippen molar-refractivity contribution in [3.05, 3.63) is 34.3 Å². The molecule has 0 aliphatic rings. The summed E-state index contributed by atoms with van der Waals surface area (Å²) in [5, 5.41) is 9.46. The molecule has 0 amide bonds. The topological polar surface area (TPSA) is 55.8 Å². The zero-order chi connectivity index (χ0) is 15.0. The summed E-state index contributed by atoms with van der Waals surface area (Å²) >= 11 is 3.34. The normalized spacial score (nSPS) is 13.4. The number of hydrogen-bond donors (Lipinski definition) is 1. The van der Waals surface area contributed by atoms with E-state index in [1.165, 1.54) is 0 Å². The van der Waals surface area contributed by atoms with Crippen molar-refractivity contribution in [3.8, 4) is 12.3 Å². The Morgan fingerprint density at radius 2 is 2.15 bits per heavy atom. The largest absolute Gasteiger partial charge is 0.481 e.